The summed E-state index contributed by atoms with van der Waals surface area (Å²) < 4.78 is 17.3. The largest absolute Gasteiger partial charge is 0.465 e. The van der Waals surface area contributed by atoms with Crippen LogP contribution >= 0.6 is 0 Å². The number of hydrogen-bond donors (Lipinski definition) is 0. The Balaban J connectivity index is 2.94. The lowest BCUT2D eigenvalue weighted by molar-refractivity contribution is -0.384. The van der Waals surface area contributed by atoms with Gasteiger partial charge in [0, 0.05) is 17.0 Å². The number of hydrogen-bond acceptors (Lipinski definition) is 5. The van der Waals surface area contributed by atoms with Crippen LogP contribution in [0.1, 0.15) is 26.7 Å². The van der Waals surface area contributed by atoms with E-state index in [9.17, 15) is 19.1 Å². The Bertz CT molecular complexity index is 500. The van der Waals surface area contributed by atoms with Crippen LogP contribution in [0.2, 0.25) is 0 Å². The van der Waals surface area contributed by atoms with E-state index in [1.54, 1.807) is 6.92 Å². The third-order valence-corrected chi connectivity index (χ3v) is 4.32. The van der Waals surface area contributed by atoms with Gasteiger partial charge in [-0.05, 0) is 25.5 Å². The molecule has 0 N–H and O–H groups in total. The maximum Gasteiger partial charge on any atom is 0.322 e. The van der Waals surface area contributed by atoms with Crippen molar-refractivity contribution in [3.63, 3.8) is 0 Å². The molecule has 0 fully saturated rings. The van der Waals surface area contributed by atoms with E-state index in [0.717, 1.165) is 0 Å². The first-order chi connectivity index (χ1) is 9.51. The van der Waals surface area contributed by atoms with Gasteiger partial charge in [-0.3, -0.25) is 19.1 Å². The molecule has 6 nitrogen and oxygen atoms in total. The van der Waals surface area contributed by atoms with Crippen LogP contribution in [0.5, 0.6) is 0 Å². The first-order valence-electron chi connectivity index (χ1n) is 6.32. The molecule has 0 radical (unpaired) electrons. The normalized spacial score (nSPS) is 13.5. The molecule has 1 rings (SSSR count). The van der Waals surface area contributed by atoms with E-state index >= 15 is 0 Å². The van der Waals surface area contributed by atoms with Crippen LogP contribution in [0.15, 0.2) is 29.2 Å². The van der Waals surface area contributed by atoms with E-state index < -0.39 is 26.9 Å². The monoisotopic (exact) mass is 299 g/mol. The standard InChI is InChI=1S/C13H17NO5S/c1-3-5-12(13(15)19-4-2)20(18)11-8-6-10(7-9-11)14(16)17/h6-9,12H,3-5H2,1-2H3. The molecule has 0 saturated heterocycles. The summed E-state index contributed by atoms with van der Waals surface area (Å²) in [5, 5.41) is 9.83. The Morgan fingerprint density at radius 3 is 2.40 bits per heavy atom. The molecule has 0 aromatic heterocycles. The van der Waals surface area contributed by atoms with E-state index in [-0.39, 0.29) is 12.3 Å². The number of carbonyl (C=O) groups excluding carboxylic acids is 1. The quantitative estimate of drug-likeness (QED) is 0.438. The van der Waals surface area contributed by atoms with Crippen LogP contribution in [0.25, 0.3) is 0 Å². The molecular weight excluding hydrogens is 282 g/mol. The number of rotatable bonds is 7. The lowest BCUT2D eigenvalue weighted by Crippen LogP contribution is -2.28. The van der Waals surface area contributed by atoms with Crippen molar-refractivity contribution in [1.82, 2.24) is 0 Å². The zero-order valence-electron chi connectivity index (χ0n) is 11.4. The summed E-state index contributed by atoms with van der Waals surface area (Å²) in [6.07, 6.45) is 1.14. The smallest absolute Gasteiger partial charge is 0.322 e. The van der Waals surface area contributed by atoms with Crippen molar-refractivity contribution in [2.24, 2.45) is 0 Å². The maximum absolute atomic E-state index is 12.4. The fourth-order valence-electron chi connectivity index (χ4n) is 1.68. The van der Waals surface area contributed by atoms with Gasteiger partial charge in [0.25, 0.3) is 5.69 Å². The van der Waals surface area contributed by atoms with Crippen LogP contribution in [0.3, 0.4) is 0 Å². The molecule has 0 aliphatic heterocycles. The maximum atomic E-state index is 12.4. The molecule has 2 atom stereocenters. The van der Waals surface area contributed by atoms with E-state index in [1.807, 2.05) is 6.92 Å². The molecule has 0 amide bonds. The summed E-state index contributed by atoms with van der Waals surface area (Å²) >= 11 is 0. The van der Waals surface area contributed by atoms with Gasteiger partial charge < -0.3 is 4.74 Å². The van der Waals surface area contributed by atoms with Gasteiger partial charge in [0.2, 0.25) is 0 Å². The lowest BCUT2D eigenvalue weighted by atomic mass is 10.2. The summed E-state index contributed by atoms with van der Waals surface area (Å²) in [5.74, 6) is -0.494. The highest BCUT2D eigenvalue weighted by Gasteiger charge is 2.27. The van der Waals surface area contributed by atoms with E-state index in [2.05, 4.69) is 0 Å². The van der Waals surface area contributed by atoms with Crippen LogP contribution < -0.4 is 0 Å². The average molecular weight is 299 g/mol. The van der Waals surface area contributed by atoms with Crippen LogP contribution in [-0.4, -0.2) is 27.0 Å². The first-order valence-corrected chi connectivity index (χ1v) is 7.54. The van der Waals surface area contributed by atoms with Gasteiger partial charge >= 0.3 is 5.97 Å². The summed E-state index contributed by atoms with van der Waals surface area (Å²) in [5.41, 5.74) is -0.0751. The molecule has 0 aliphatic rings. The minimum atomic E-state index is -1.57. The van der Waals surface area contributed by atoms with Crippen molar-refractivity contribution in [3.8, 4) is 0 Å². The minimum absolute atomic E-state index is 0.0751. The third kappa shape index (κ3) is 4.12. The van der Waals surface area contributed by atoms with Crippen molar-refractivity contribution in [1.29, 1.82) is 0 Å². The second-order valence-electron chi connectivity index (χ2n) is 4.08. The zero-order chi connectivity index (χ0) is 15.1. The highest BCUT2D eigenvalue weighted by molar-refractivity contribution is 7.86. The number of nitrogens with zero attached hydrogens (tertiary/aromatic N) is 1. The second kappa shape index (κ2) is 7.74. The third-order valence-electron chi connectivity index (χ3n) is 2.64. The Kier molecular flexibility index (Phi) is 6.30. The number of esters is 1. The molecule has 1 aromatic carbocycles. The van der Waals surface area contributed by atoms with Gasteiger partial charge in [-0.2, -0.15) is 0 Å². The predicted octanol–water partition coefficient (Wildman–Crippen LogP) is 2.43. The van der Waals surface area contributed by atoms with Crippen molar-refractivity contribution >= 4 is 22.5 Å². The average Bonchev–Trinajstić information content (AvgIpc) is 2.44. The molecule has 1 aromatic rings. The molecule has 0 saturated carbocycles. The van der Waals surface area contributed by atoms with Crippen LogP contribution in [0.4, 0.5) is 5.69 Å². The molecule has 110 valence electrons. The Hall–Kier alpha value is -1.76. The van der Waals surface area contributed by atoms with Gasteiger partial charge in [-0.15, -0.1) is 0 Å². The molecule has 2 unspecified atom stereocenters. The molecule has 7 heteroatoms. The Labute approximate surface area is 119 Å². The molecule has 0 bridgehead atoms. The number of ether oxygens (including phenoxy) is 1. The highest BCUT2D eigenvalue weighted by Crippen LogP contribution is 2.20. The fourth-order valence-corrected chi connectivity index (χ4v) is 3.10. The number of benzene rings is 1. The molecule has 0 spiro atoms. The lowest BCUT2D eigenvalue weighted by Gasteiger charge is -2.14. The van der Waals surface area contributed by atoms with E-state index in [4.69, 9.17) is 4.74 Å². The number of nitro groups is 1. The first kappa shape index (κ1) is 16.3. The Morgan fingerprint density at radius 2 is 1.95 bits per heavy atom. The molecular formula is C13H17NO5S. The summed E-state index contributed by atoms with van der Waals surface area (Å²) in [6, 6.07) is 5.38. The van der Waals surface area contributed by atoms with Gasteiger partial charge in [-0.1, -0.05) is 13.3 Å². The molecule has 20 heavy (non-hydrogen) atoms. The number of carbonyl (C=O) groups is 1. The number of non-ortho nitro benzene ring substituents is 1. The zero-order valence-corrected chi connectivity index (χ0v) is 12.2. The van der Waals surface area contributed by atoms with Crippen molar-refractivity contribution in [3.05, 3.63) is 34.4 Å². The molecule has 0 heterocycles. The van der Waals surface area contributed by atoms with Crippen molar-refractivity contribution in [2.45, 2.75) is 36.8 Å². The summed E-state index contributed by atoms with van der Waals surface area (Å²) in [4.78, 5) is 22.2. The van der Waals surface area contributed by atoms with Gasteiger partial charge in [0.05, 0.1) is 22.3 Å². The fraction of sp³-hybridized carbons (Fsp3) is 0.462. The van der Waals surface area contributed by atoms with Gasteiger partial charge in [0.15, 0.2) is 0 Å². The summed E-state index contributed by atoms with van der Waals surface area (Å²) in [6.45, 7) is 3.81. The van der Waals surface area contributed by atoms with Gasteiger partial charge in [0.1, 0.15) is 5.25 Å². The van der Waals surface area contributed by atoms with Crippen LogP contribution in [0, 0.1) is 10.1 Å². The minimum Gasteiger partial charge on any atom is -0.465 e. The van der Waals surface area contributed by atoms with Gasteiger partial charge in [-0.25, -0.2) is 0 Å². The van der Waals surface area contributed by atoms with Crippen molar-refractivity contribution < 1.29 is 18.7 Å². The Morgan fingerprint density at radius 1 is 1.35 bits per heavy atom. The predicted molar refractivity (Wildman–Crippen MR) is 74.8 cm³/mol. The topological polar surface area (TPSA) is 86.5 Å². The molecule has 0 aliphatic carbocycles. The van der Waals surface area contributed by atoms with Crippen molar-refractivity contribution in [2.75, 3.05) is 6.61 Å². The second-order valence-corrected chi connectivity index (χ2v) is 5.71. The number of nitro benzene ring substituents is 1. The highest BCUT2D eigenvalue weighted by atomic mass is 32.2. The van der Waals surface area contributed by atoms with E-state index in [1.165, 1.54) is 24.3 Å². The van der Waals surface area contributed by atoms with Crippen LogP contribution in [-0.2, 0) is 20.3 Å². The SMILES string of the molecule is CCCC(C(=O)OCC)S(=O)c1ccc([N+](=O)[O-])cc1. The summed E-state index contributed by atoms with van der Waals surface area (Å²) in [7, 11) is -1.57. The van der Waals surface area contributed by atoms with E-state index in [0.29, 0.717) is 17.7 Å².